The van der Waals surface area contributed by atoms with Crippen LogP contribution in [0, 0.1) is 0 Å². The zero-order chi connectivity index (χ0) is 24.4. The van der Waals surface area contributed by atoms with Crippen LogP contribution in [0.1, 0.15) is 12.5 Å². The van der Waals surface area contributed by atoms with E-state index < -0.39 is 10.0 Å². The molecule has 0 fully saturated rings. The van der Waals surface area contributed by atoms with Crippen LogP contribution in [0.15, 0.2) is 101 Å². The van der Waals surface area contributed by atoms with Crippen LogP contribution in [0.25, 0.3) is 21.8 Å². The van der Waals surface area contributed by atoms with Crippen LogP contribution in [0.4, 0.5) is 5.82 Å². The maximum atomic E-state index is 13.3. The minimum atomic E-state index is -3.71. The SMILES string of the molecule is CC(CNc1cc(=O)c2ccccc2[nH]1)NCc1cn(S(=O)(=O)c2ccccc2)c2ccccc12. The van der Waals surface area contributed by atoms with Gasteiger partial charge in [0.25, 0.3) is 10.0 Å². The monoisotopic (exact) mass is 486 g/mol. The zero-order valence-corrected chi connectivity index (χ0v) is 20.0. The maximum absolute atomic E-state index is 13.3. The molecule has 5 aromatic rings. The fourth-order valence-electron chi connectivity index (χ4n) is 4.18. The number of benzene rings is 3. The van der Waals surface area contributed by atoms with Gasteiger partial charge in [-0.15, -0.1) is 0 Å². The van der Waals surface area contributed by atoms with Crippen molar-refractivity contribution in [2.45, 2.75) is 24.4 Å². The van der Waals surface area contributed by atoms with Crippen molar-refractivity contribution in [2.24, 2.45) is 0 Å². The summed E-state index contributed by atoms with van der Waals surface area (Å²) in [4.78, 5) is 15.8. The van der Waals surface area contributed by atoms with Gasteiger partial charge in [-0.05, 0) is 42.8 Å². The number of nitrogens with zero attached hydrogens (tertiary/aromatic N) is 1. The molecule has 0 amide bonds. The Kier molecular flexibility index (Phi) is 6.15. The van der Waals surface area contributed by atoms with Gasteiger partial charge in [0, 0.05) is 42.2 Å². The number of fused-ring (bicyclic) bond motifs is 2. The Morgan fingerprint density at radius 1 is 0.914 bits per heavy atom. The highest BCUT2D eigenvalue weighted by atomic mass is 32.2. The predicted octanol–water partition coefficient (Wildman–Crippen LogP) is 4.31. The summed E-state index contributed by atoms with van der Waals surface area (Å²) >= 11 is 0. The van der Waals surface area contributed by atoms with E-state index in [4.69, 9.17) is 0 Å². The first kappa shape index (κ1) is 22.9. The Morgan fingerprint density at radius 3 is 2.40 bits per heavy atom. The Balaban J connectivity index is 1.32. The average Bonchev–Trinajstić information content (AvgIpc) is 3.26. The molecule has 0 aliphatic rings. The van der Waals surface area contributed by atoms with Crippen molar-refractivity contribution in [1.29, 1.82) is 0 Å². The average molecular weight is 487 g/mol. The van der Waals surface area contributed by atoms with E-state index in [9.17, 15) is 13.2 Å². The summed E-state index contributed by atoms with van der Waals surface area (Å²) in [5.41, 5.74) is 2.30. The third kappa shape index (κ3) is 4.58. The molecule has 0 spiro atoms. The molecule has 2 aromatic heterocycles. The molecule has 0 bridgehead atoms. The molecule has 0 saturated heterocycles. The molecule has 0 aliphatic heterocycles. The number of H-pyrrole nitrogens is 1. The van der Waals surface area contributed by atoms with Crippen molar-refractivity contribution in [3.05, 3.63) is 107 Å². The molecule has 178 valence electrons. The third-order valence-electron chi connectivity index (χ3n) is 6.04. The second-order valence-corrected chi connectivity index (χ2v) is 10.4. The van der Waals surface area contributed by atoms with Gasteiger partial charge in [-0.2, -0.15) is 0 Å². The maximum Gasteiger partial charge on any atom is 0.268 e. The Morgan fingerprint density at radius 2 is 1.60 bits per heavy atom. The second kappa shape index (κ2) is 9.40. The lowest BCUT2D eigenvalue weighted by atomic mass is 10.1. The van der Waals surface area contributed by atoms with E-state index in [1.54, 1.807) is 48.7 Å². The number of hydrogen-bond acceptors (Lipinski definition) is 5. The van der Waals surface area contributed by atoms with Gasteiger partial charge in [0.2, 0.25) is 0 Å². The standard InChI is InChI=1S/C27H26N4O3S/c1-19(16-29-27-15-26(32)23-12-5-7-13-24(23)30-27)28-17-20-18-31(25-14-8-6-11-22(20)25)35(33,34)21-9-3-2-4-10-21/h2-15,18-19,28H,16-17H2,1H3,(H2,29,30,32). The minimum absolute atomic E-state index is 0.0325. The van der Waals surface area contributed by atoms with E-state index >= 15 is 0 Å². The van der Waals surface area contributed by atoms with Crippen LogP contribution in [0.5, 0.6) is 0 Å². The first-order valence-corrected chi connectivity index (χ1v) is 12.9. The summed E-state index contributed by atoms with van der Waals surface area (Å²) < 4.78 is 27.9. The molecule has 5 rings (SSSR count). The minimum Gasteiger partial charge on any atom is -0.370 e. The molecule has 1 unspecified atom stereocenters. The van der Waals surface area contributed by atoms with Gasteiger partial charge in [-0.25, -0.2) is 12.4 Å². The van der Waals surface area contributed by atoms with Crippen molar-refractivity contribution in [3.8, 4) is 0 Å². The van der Waals surface area contributed by atoms with Crippen molar-refractivity contribution in [2.75, 3.05) is 11.9 Å². The van der Waals surface area contributed by atoms with Gasteiger partial charge in [-0.3, -0.25) is 4.79 Å². The Bertz CT molecular complexity index is 1660. The van der Waals surface area contributed by atoms with Gasteiger partial charge in [-0.1, -0.05) is 48.5 Å². The lowest BCUT2D eigenvalue weighted by Gasteiger charge is -2.15. The van der Waals surface area contributed by atoms with Crippen LogP contribution < -0.4 is 16.1 Å². The largest absolute Gasteiger partial charge is 0.370 e. The number of rotatable bonds is 8. The fraction of sp³-hybridized carbons (Fsp3) is 0.148. The lowest BCUT2D eigenvalue weighted by Crippen LogP contribution is -2.32. The number of para-hydroxylation sites is 2. The van der Waals surface area contributed by atoms with Crippen LogP contribution in [-0.4, -0.2) is 30.0 Å². The number of nitrogens with one attached hydrogen (secondary N) is 3. The Hall–Kier alpha value is -3.88. The number of anilines is 1. The summed E-state index contributed by atoms with van der Waals surface area (Å²) in [7, 11) is -3.71. The third-order valence-corrected chi connectivity index (χ3v) is 7.73. The molecule has 2 heterocycles. The number of aromatic nitrogens is 2. The molecule has 1 atom stereocenters. The number of pyridine rings is 1. The lowest BCUT2D eigenvalue weighted by molar-refractivity contribution is 0.568. The number of aromatic amines is 1. The van der Waals surface area contributed by atoms with Gasteiger partial charge in [0.05, 0.1) is 15.9 Å². The van der Waals surface area contributed by atoms with E-state index in [0.29, 0.717) is 29.8 Å². The van der Waals surface area contributed by atoms with Gasteiger partial charge in [0.15, 0.2) is 5.43 Å². The molecule has 3 N–H and O–H groups in total. The van der Waals surface area contributed by atoms with Crippen molar-refractivity contribution < 1.29 is 8.42 Å². The van der Waals surface area contributed by atoms with E-state index in [1.807, 2.05) is 49.4 Å². The molecule has 8 heteroatoms. The zero-order valence-electron chi connectivity index (χ0n) is 19.2. The highest BCUT2D eigenvalue weighted by Crippen LogP contribution is 2.26. The van der Waals surface area contributed by atoms with E-state index in [1.165, 1.54) is 3.97 Å². The van der Waals surface area contributed by atoms with E-state index in [2.05, 4.69) is 15.6 Å². The van der Waals surface area contributed by atoms with Gasteiger partial charge < -0.3 is 15.6 Å². The topological polar surface area (TPSA) is 96.0 Å². The van der Waals surface area contributed by atoms with Gasteiger partial charge >= 0.3 is 0 Å². The van der Waals surface area contributed by atoms with Crippen molar-refractivity contribution in [3.63, 3.8) is 0 Å². The fourth-order valence-corrected chi connectivity index (χ4v) is 5.59. The first-order valence-electron chi connectivity index (χ1n) is 11.4. The molecule has 35 heavy (non-hydrogen) atoms. The molecule has 7 nitrogen and oxygen atoms in total. The predicted molar refractivity (Wildman–Crippen MR) is 140 cm³/mol. The molecule has 3 aromatic carbocycles. The van der Waals surface area contributed by atoms with Crippen LogP contribution >= 0.6 is 0 Å². The van der Waals surface area contributed by atoms with Crippen molar-refractivity contribution >= 4 is 37.6 Å². The number of hydrogen-bond donors (Lipinski definition) is 3. The molecular formula is C27H26N4O3S. The van der Waals surface area contributed by atoms with Crippen LogP contribution in [0.3, 0.4) is 0 Å². The Labute approximate surface area is 203 Å². The second-order valence-electron chi connectivity index (χ2n) is 8.54. The highest BCUT2D eigenvalue weighted by molar-refractivity contribution is 7.90. The summed E-state index contributed by atoms with van der Waals surface area (Å²) in [6.07, 6.45) is 1.70. The molecule has 0 aliphatic carbocycles. The quantitative estimate of drug-likeness (QED) is 0.304. The highest BCUT2D eigenvalue weighted by Gasteiger charge is 2.21. The summed E-state index contributed by atoms with van der Waals surface area (Å²) in [5.74, 6) is 0.660. The molecule has 0 saturated carbocycles. The van der Waals surface area contributed by atoms with Crippen LogP contribution in [0.2, 0.25) is 0 Å². The molecule has 0 radical (unpaired) electrons. The smallest absolute Gasteiger partial charge is 0.268 e. The van der Waals surface area contributed by atoms with Gasteiger partial charge in [0.1, 0.15) is 5.82 Å². The summed E-state index contributed by atoms with van der Waals surface area (Å²) in [6, 6.07) is 25.0. The van der Waals surface area contributed by atoms with Crippen molar-refractivity contribution in [1.82, 2.24) is 14.3 Å². The first-order chi connectivity index (χ1) is 16.9. The van der Waals surface area contributed by atoms with E-state index in [0.717, 1.165) is 16.5 Å². The summed E-state index contributed by atoms with van der Waals surface area (Å²) in [6.45, 7) is 3.11. The van der Waals surface area contributed by atoms with E-state index in [-0.39, 0.29) is 16.4 Å². The normalized spacial score (nSPS) is 12.7. The molecular weight excluding hydrogens is 460 g/mol. The summed E-state index contributed by atoms with van der Waals surface area (Å²) in [5, 5.41) is 8.28. The van der Waals surface area contributed by atoms with Crippen LogP contribution in [-0.2, 0) is 16.6 Å².